The molecule has 0 aliphatic carbocycles. The van der Waals surface area contributed by atoms with Crippen LogP contribution in [0.2, 0.25) is 0 Å². The van der Waals surface area contributed by atoms with E-state index in [1.165, 1.54) is 37.0 Å². The van der Waals surface area contributed by atoms with Gasteiger partial charge < -0.3 is 18.8 Å². The van der Waals surface area contributed by atoms with Gasteiger partial charge in [0.05, 0.1) is 13.4 Å². The van der Waals surface area contributed by atoms with Crippen molar-refractivity contribution in [1.29, 1.82) is 0 Å². The van der Waals surface area contributed by atoms with E-state index >= 15 is 0 Å². The summed E-state index contributed by atoms with van der Waals surface area (Å²) in [7, 11) is 1.54. The maximum atomic E-state index is 12.5. The molecule has 142 valence electrons. The Bertz CT molecular complexity index is 817. The second-order valence-electron chi connectivity index (χ2n) is 5.90. The van der Waals surface area contributed by atoms with Crippen molar-refractivity contribution in [2.24, 2.45) is 0 Å². The molecule has 2 heterocycles. The monoisotopic (exact) mass is 389 g/mol. The third kappa shape index (κ3) is 4.16. The van der Waals surface area contributed by atoms with E-state index in [2.05, 4.69) is 0 Å². The van der Waals surface area contributed by atoms with Crippen LogP contribution >= 0.6 is 11.8 Å². The lowest BCUT2D eigenvalue weighted by Gasteiger charge is -2.25. The largest absolute Gasteiger partial charge is 0.497 e. The van der Waals surface area contributed by atoms with Gasteiger partial charge in [0.1, 0.15) is 22.9 Å². The zero-order valence-corrected chi connectivity index (χ0v) is 15.7. The van der Waals surface area contributed by atoms with Gasteiger partial charge in [-0.05, 0) is 36.4 Å². The average Bonchev–Trinajstić information content (AvgIpc) is 3.35. The Morgan fingerprint density at radius 1 is 1.22 bits per heavy atom. The second-order valence-corrected chi connectivity index (χ2v) is 7.02. The van der Waals surface area contributed by atoms with E-state index in [1.807, 2.05) is 0 Å². The zero-order valence-electron chi connectivity index (χ0n) is 14.9. The van der Waals surface area contributed by atoms with Crippen molar-refractivity contribution >= 4 is 29.4 Å². The molecule has 1 aromatic carbocycles. The van der Waals surface area contributed by atoms with E-state index in [0.29, 0.717) is 22.8 Å². The van der Waals surface area contributed by atoms with Gasteiger partial charge >= 0.3 is 5.97 Å². The van der Waals surface area contributed by atoms with Gasteiger partial charge in [0.15, 0.2) is 12.4 Å². The number of furan rings is 1. The topological polar surface area (TPSA) is 86.1 Å². The van der Waals surface area contributed by atoms with E-state index in [4.69, 9.17) is 13.9 Å². The molecule has 0 radical (unpaired) electrons. The highest BCUT2D eigenvalue weighted by atomic mass is 32.2. The lowest BCUT2D eigenvalue weighted by molar-refractivity contribution is -0.152. The number of esters is 1. The Kier molecular flexibility index (Phi) is 5.85. The quantitative estimate of drug-likeness (QED) is 0.554. The van der Waals surface area contributed by atoms with Crippen molar-refractivity contribution in [1.82, 2.24) is 4.90 Å². The number of methoxy groups -OCH3 is 1. The normalized spacial score (nSPS) is 19.0. The number of rotatable bonds is 6. The molecule has 0 N–H and O–H groups in total. The molecule has 3 rings (SSSR count). The smallest absolute Gasteiger partial charge is 0.330 e. The Morgan fingerprint density at radius 2 is 1.96 bits per heavy atom. The third-order valence-electron chi connectivity index (χ3n) is 4.18. The number of carbonyl (C=O) groups excluding carboxylic acids is 3. The Balaban J connectivity index is 1.63. The van der Waals surface area contributed by atoms with Crippen molar-refractivity contribution in [2.45, 2.75) is 18.3 Å². The molecule has 27 heavy (non-hydrogen) atoms. The number of amides is 1. The minimum absolute atomic E-state index is 0.259. The molecule has 7 nitrogen and oxygen atoms in total. The summed E-state index contributed by atoms with van der Waals surface area (Å²) in [4.78, 5) is 38.2. The predicted molar refractivity (Wildman–Crippen MR) is 98.5 cm³/mol. The molecule has 0 saturated carbocycles. The van der Waals surface area contributed by atoms with Crippen LogP contribution in [0.3, 0.4) is 0 Å². The van der Waals surface area contributed by atoms with Crippen molar-refractivity contribution in [3.05, 3.63) is 54.0 Å². The van der Waals surface area contributed by atoms with Gasteiger partial charge in [-0.3, -0.25) is 9.59 Å². The van der Waals surface area contributed by atoms with Gasteiger partial charge in [-0.2, -0.15) is 0 Å². The lowest BCUT2D eigenvalue weighted by atomic mass is 10.1. The molecule has 0 unspecified atom stereocenters. The van der Waals surface area contributed by atoms with Crippen LogP contribution in [0.25, 0.3) is 0 Å². The van der Waals surface area contributed by atoms with Gasteiger partial charge in [0.25, 0.3) is 0 Å². The number of Topliss-reactive ketones (excluding diaryl/α,β-unsaturated/α-hetero) is 1. The molecule has 0 bridgehead atoms. The Morgan fingerprint density at radius 3 is 2.56 bits per heavy atom. The minimum Gasteiger partial charge on any atom is -0.497 e. The number of carbonyl (C=O) groups is 3. The van der Waals surface area contributed by atoms with Crippen LogP contribution in [-0.2, 0) is 14.3 Å². The van der Waals surface area contributed by atoms with Crippen LogP contribution in [0.4, 0.5) is 0 Å². The number of thioether (sulfide) groups is 1. The highest BCUT2D eigenvalue weighted by Crippen LogP contribution is 2.41. The first-order chi connectivity index (χ1) is 13.0. The predicted octanol–water partition coefficient (Wildman–Crippen LogP) is 2.68. The molecule has 1 fully saturated rings. The summed E-state index contributed by atoms with van der Waals surface area (Å²) < 4.78 is 15.6. The number of ketones is 1. The van der Waals surface area contributed by atoms with Crippen molar-refractivity contribution in [3.8, 4) is 5.75 Å². The fourth-order valence-electron chi connectivity index (χ4n) is 2.82. The summed E-state index contributed by atoms with van der Waals surface area (Å²) in [6.45, 7) is 1.01. The summed E-state index contributed by atoms with van der Waals surface area (Å²) in [6, 6.07) is 9.26. The van der Waals surface area contributed by atoms with E-state index in [9.17, 15) is 14.4 Å². The van der Waals surface area contributed by atoms with E-state index in [1.54, 1.807) is 36.4 Å². The molecule has 2 aromatic rings. The van der Waals surface area contributed by atoms with Crippen LogP contribution in [0.1, 0.15) is 28.4 Å². The van der Waals surface area contributed by atoms with Crippen LogP contribution in [0.15, 0.2) is 47.1 Å². The number of ether oxygens (including phenoxy) is 2. The summed E-state index contributed by atoms with van der Waals surface area (Å²) in [5.41, 5.74) is 0.418. The number of hydrogen-bond acceptors (Lipinski definition) is 7. The van der Waals surface area contributed by atoms with Gasteiger partial charge in [0, 0.05) is 18.2 Å². The summed E-state index contributed by atoms with van der Waals surface area (Å²) >= 11 is 1.42. The number of hydrogen-bond donors (Lipinski definition) is 0. The summed E-state index contributed by atoms with van der Waals surface area (Å²) in [5, 5.41) is -0.382. The van der Waals surface area contributed by atoms with Crippen molar-refractivity contribution < 1.29 is 28.3 Å². The number of nitrogens with zero attached hydrogens (tertiary/aromatic N) is 1. The van der Waals surface area contributed by atoms with Gasteiger partial charge in [-0.1, -0.05) is 0 Å². The fourth-order valence-corrected chi connectivity index (χ4v) is 4.23. The zero-order chi connectivity index (χ0) is 19.4. The van der Waals surface area contributed by atoms with E-state index in [0.717, 1.165) is 0 Å². The van der Waals surface area contributed by atoms with Crippen molar-refractivity contribution in [3.63, 3.8) is 0 Å². The maximum absolute atomic E-state index is 12.5. The van der Waals surface area contributed by atoms with Gasteiger partial charge in [-0.25, -0.2) is 4.79 Å². The third-order valence-corrected chi connectivity index (χ3v) is 5.46. The molecule has 1 aliphatic heterocycles. The molecule has 1 amide bonds. The SMILES string of the molecule is COc1ccc(C(=O)COC(=O)[C@H]2CS[C@H](c3ccco3)N2C(C)=O)cc1. The number of benzene rings is 1. The highest BCUT2D eigenvalue weighted by molar-refractivity contribution is 7.99. The van der Waals surface area contributed by atoms with Crippen LogP contribution < -0.4 is 4.74 Å². The first-order valence-electron chi connectivity index (χ1n) is 8.29. The highest BCUT2D eigenvalue weighted by Gasteiger charge is 2.43. The minimum atomic E-state index is -0.758. The Hall–Kier alpha value is -2.74. The van der Waals surface area contributed by atoms with Gasteiger partial charge in [-0.15, -0.1) is 11.8 Å². The molecule has 1 saturated heterocycles. The summed E-state index contributed by atoms with van der Waals surface area (Å²) in [6.07, 6.45) is 1.52. The van der Waals surface area contributed by atoms with Crippen LogP contribution in [0, 0.1) is 0 Å². The van der Waals surface area contributed by atoms with Crippen LogP contribution in [-0.4, -0.2) is 48.1 Å². The average molecular weight is 389 g/mol. The fraction of sp³-hybridized carbons (Fsp3) is 0.316. The molecule has 0 spiro atoms. The first-order valence-corrected chi connectivity index (χ1v) is 9.34. The first kappa shape index (κ1) is 19.0. The van der Waals surface area contributed by atoms with Crippen LogP contribution in [0.5, 0.6) is 5.75 Å². The molecule has 1 aromatic heterocycles. The lowest BCUT2D eigenvalue weighted by Crippen LogP contribution is -2.43. The second kappa shape index (κ2) is 8.30. The van der Waals surface area contributed by atoms with E-state index in [-0.39, 0.29) is 23.7 Å². The van der Waals surface area contributed by atoms with Gasteiger partial charge in [0.2, 0.25) is 5.91 Å². The molecule has 8 heteroatoms. The molecular formula is C19H19NO6S. The maximum Gasteiger partial charge on any atom is 0.330 e. The molecule has 2 atom stereocenters. The van der Waals surface area contributed by atoms with Crippen molar-refractivity contribution in [2.75, 3.05) is 19.5 Å². The molecular weight excluding hydrogens is 370 g/mol. The van der Waals surface area contributed by atoms with E-state index < -0.39 is 12.0 Å². The summed E-state index contributed by atoms with van der Waals surface area (Å²) in [5.74, 6) is 0.417. The Labute approximate surface area is 160 Å². The standard InChI is InChI=1S/C19H19NO6S/c1-12(21)20-15(11-27-18(20)17-4-3-9-25-17)19(23)26-10-16(22)13-5-7-14(24-2)8-6-13/h3-9,15,18H,10-11H2,1-2H3/t15-,18-/m1/s1. The molecule has 1 aliphatic rings.